The maximum atomic E-state index is 15.6. The number of nitrogens with zero attached hydrogens (tertiary/aromatic N) is 3. The molecule has 0 unspecified atom stereocenters. The van der Waals surface area contributed by atoms with Gasteiger partial charge in [0.15, 0.2) is 5.65 Å². The minimum absolute atomic E-state index is 0.183. The minimum atomic E-state index is -1.81. The number of carboxylic acid groups (broad SMARTS) is 1. The summed E-state index contributed by atoms with van der Waals surface area (Å²) in [7, 11) is 1.55. The van der Waals surface area contributed by atoms with Crippen LogP contribution in [0.4, 0.5) is 8.78 Å². The minimum Gasteiger partial charge on any atom is -0.481 e. The number of benzene rings is 1. The van der Waals surface area contributed by atoms with Crippen molar-refractivity contribution in [2.45, 2.75) is 38.8 Å². The normalized spacial score (nSPS) is 13.2. The van der Waals surface area contributed by atoms with E-state index in [1.165, 1.54) is 6.07 Å². The highest BCUT2D eigenvalue weighted by molar-refractivity contribution is 5.94. The van der Waals surface area contributed by atoms with E-state index in [1.54, 1.807) is 32.4 Å². The van der Waals surface area contributed by atoms with E-state index >= 15 is 4.39 Å². The van der Waals surface area contributed by atoms with E-state index in [4.69, 9.17) is 4.74 Å². The van der Waals surface area contributed by atoms with Gasteiger partial charge in [-0.1, -0.05) is 13.8 Å². The molecule has 0 saturated heterocycles. The van der Waals surface area contributed by atoms with E-state index in [1.807, 2.05) is 24.5 Å². The monoisotopic (exact) mass is 442 g/mol. The summed E-state index contributed by atoms with van der Waals surface area (Å²) >= 11 is 0. The van der Waals surface area contributed by atoms with Gasteiger partial charge in [-0.3, -0.25) is 9.89 Å². The Labute approximate surface area is 183 Å². The zero-order valence-electron chi connectivity index (χ0n) is 18.2. The number of hydrogen-bond acceptors (Lipinski definition) is 4. The molecule has 4 aromatic rings. The lowest BCUT2D eigenvalue weighted by Gasteiger charge is -2.28. The number of fused-ring (bicyclic) bond motifs is 2. The van der Waals surface area contributed by atoms with Gasteiger partial charge in [0, 0.05) is 34.9 Å². The van der Waals surface area contributed by atoms with Gasteiger partial charge in [0.2, 0.25) is 0 Å². The Balaban J connectivity index is 2.17. The molecular formula is C23H24F2N4O3. The number of hydrogen-bond donors (Lipinski definition) is 2. The van der Waals surface area contributed by atoms with Crippen molar-refractivity contribution in [3.8, 4) is 5.69 Å². The molecule has 1 aromatic carbocycles. The Bertz CT molecular complexity index is 1330. The Morgan fingerprint density at radius 1 is 1.34 bits per heavy atom. The fourth-order valence-electron chi connectivity index (χ4n) is 4.27. The van der Waals surface area contributed by atoms with E-state index < -0.39 is 24.0 Å². The number of ether oxygens (including phenoxy) is 1. The summed E-state index contributed by atoms with van der Waals surface area (Å²) < 4.78 is 36.9. The second kappa shape index (κ2) is 7.98. The number of pyridine rings is 1. The van der Waals surface area contributed by atoms with Crippen LogP contribution in [-0.4, -0.2) is 44.5 Å². The molecule has 0 saturated carbocycles. The first-order chi connectivity index (χ1) is 15.1. The summed E-state index contributed by atoms with van der Waals surface area (Å²) in [6, 6.07) is 6.47. The molecule has 0 spiro atoms. The number of carboxylic acids is 1. The van der Waals surface area contributed by atoms with Crippen molar-refractivity contribution < 1.29 is 23.4 Å². The number of halogens is 2. The van der Waals surface area contributed by atoms with Crippen LogP contribution in [0.25, 0.3) is 27.8 Å². The molecule has 4 rings (SSSR count). The SMILES string of the molecule is COCC(C)(C)c1c([C@@H](F)CC(=O)O)c2nc3[nH]ncc3cc2n1-c1ccc(F)c(C)c1. The third-order valence-electron chi connectivity index (χ3n) is 5.59. The van der Waals surface area contributed by atoms with Crippen LogP contribution in [0.2, 0.25) is 0 Å². The standard InChI is InChI=1S/C23H24F2N4O3/c1-12-7-14(5-6-15(12)24)29-17-8-13-10-26-28-22(13)27-20(17)19(16(25)9-18(30)31)21(29)23(2,3)11-32-4/h5-8,10,16H,9,11H2,1-4H3,(H,30,31)(H,26,27,28)/t16-/m0/s1. The number of carbonyl (C=O) groups is 1. The van der Waals surface area contributed by atoms with E-state index in [2.05, 4.69) is 15.2 Å². The van der Waals surface area contributed by atoms with Crippen LogP contribution in [0.5, 0.6) is 0 Å². The third-order valence-corrected chi connectivity index (χ3v) is 5.59. The van der Waals surface area contributed by atoms with Crippen LogP contribution < -0.4 is 0 Å². The summed E-state index contributed by atoms with van der Waals surface area (Å²) in [5.74, 6) is -1.61. The summed E-state index contributed by atoms with van der Waals surface area (Å²) in [4.78, 5) is 16.0. The van der Waals surface area contributed by atoms with Gasteiger partial charge >= 0.3 is 5.97 Å². The first-order valence-electron chi connectivity index (χ1n) is 10.1. The molecule has 3 aromatic heterocycles. The van der Waals surface area contributed by atoms with Crippen molar-refractivity contribution in [3.05, 3.63) is 53.1 Å². The van der Waals surface area contributed by atoms with Gasteiger partial charge in [-0.15, -0.1) is 0 Å². The number of nitrogens with one attached hydrogen (secondary N) is 1. The molecule has 0 amide bonds. The molecule has 0 aliphatic rings. The molecule has 168 valence electrons. The Morgan fingerprint density at radius 3 is 2.75 bits per heavy atom. The molecule has 0 bridgehead atoms. The van der Waals surface area contributed by atoms with Crippen LogP contribution in [-0.2, 0) is 14.9 Å². The quantitative estimate of drug-likeness (QED) is 0.431. The molecule has 9 heteroatoms. The molecule has 2 N–H and O–H groups in total. The zero-order valence-corrected chi connectivity index (χ0v) is 18.2. The average Bonchev–Trinajstić information content (AvgIpc) is 3.29. The van der Waals surface area contributed by atoms with Gasteiger partial charge in [-0.2, -0.15) is 5.10 Å². The fraction of sp³-hybridized carbons (Fsp3) is 0.348. The van der Waals surface area contributed by atoms with Crippen LogP contribution in [0, 0.1) is 12.7 Å². The smallest absolute Gasteiger partial charge is 0.306 e. The number of aliphatic carboxylic acids is 1. The molecule has 32 heavy (non-hydrogen) atoms. The molecule has 7 nitrogen and oxygen atoms in total. The second-order valence-electron chi connectivity index (χ2n) is 8.58. The molecular weight excluding hydrogens is 418 g/mol. The number of H-pyrrole nitrogens is 1. The summed E-state index contributed by atoms with van der Waals surface area (Å²) in [6.07, 6.45) is -0.907. The number of alkyl halides is 1. The third kappa shape index (κ3) is 3.62. The molecule has 0 aliphatic heterocycles. The summed E-state index contributed by atoms with van der Waals surface area (Å²) in [5.41, 5.74) is 2.41. The van der Waals surface area contributed by atoms with Gasteiger partial charge in [-0.25, -0.2) is 13.8 Å². The van der Waals surface area contributed by atoms with Gasteiger partial charge < -0.3 is 14.4 Å². The molecule has 0 fully saturated rings. The maximum Gasteiger partial charge on any atom is 0.306 e. The Kier molecular flexibility index (Phi) is 5.46. The maximum absolute atomic E-state index is 15.6. The second-order valence-corrected chi connectivity index (χ2v) is 8.58. The Morgan fingerprint density at radius 2 is 2.09 bits per heavy atom. The van der Waals surface area contributed by atoms with Gasteiger partial charge in [0.05, 0.1) is 30.3 Å². The van der Waals surface area contributed by atoms with Crippen LogP contribution in [0.15, 0.2) is 30.5 Å². The highest BCUT2D eigenvalue weighted by Crippen LogP contribution is 2.42. The van der Waals surface area contributed by atoms with Crippen LogP contribution in [0.1, 0.15) is 43.3 Å². The number of aromatic nitrogens is 4. The van der Waals surface area contributed by atoms with Crippen LogP contribution >= 0.6 is 0 Å². The number of aryl methyl sites for hydroxylation is 1. The lowest BCUT2D eigenvalue weighted by atomic mass is 9.85. The lowest BCUT2D eigenvalue weighted by Crippen LogP contribution is -2.28. The first-order valence-corrected chi connectivity index (χ1v) is 10.1. The van der Waals surface area contributed by atoms with Gasteiger partial charge in [0.1, 0.15) is 12.0 Å². The lowest BCUT2D eigenvalue weighted by molar-refractivity contribution is -0.138. The molecule has 0 radical (unpaired) electrons. The number of aromatic amines is 1. The van der Waals surface area contributed by atoms with E-state index in [0.29, 0.717) is 39.0 Å². The van der Waals surface area contributed by atoms with Crippen molar-refractivity contribution in [2.75, 3.05) is 13.7 Å². The predicted octanol–water partition coefficient (Wildman–Crippen LogP) is 4.76. The van der Waals surface area contributed by atoms with E-state index in [0.717, 1.165) is 0 Å². The molecule has 0 aliphatic carbocycles. The van der Waals surface area contributed by atoms with Crippen LogP contribution in [0.3, 0.4) is 0 Å². The van der Waals surface area contributed by atoms with E-state index in [-0.39, 0.29) is 18.0 Å². The highest BCUT2D eigenvalue weighted by atomic mass is 19.1. The fourth-order valence-corrected chi connectivity index (χ4v) is 4.27. The first kappa shape index (κ1) is 21.9. The molecule has 3 heterocycles. The number of methoxy groups -OCH3 is 1. The van der Waals surface area contributed by atoms with Crippen molar-refractivity contribution in [3.63, 3.8) is 0 Å². The summed E-state index contributed by atoms with van der Waals surface area (Å²) in [5, 5.41) is 16.8. The van der Waals surface area contributed by atoms with Crippen molar-refractivity contribution >= 4 is 28.0 Å². The van der Waals surface area contributed by atoms with Crippen molar-refractivity contribution in [1.29, 1.82) is 0 Å². The molecule has 1 atom stereocenters. The van der Waals surface area contributed by atoms with Crippen molar-refractivity contribution in [1.82, 2.24) is 19.7 Å². The average molecular weight is 442 g/mol. The topological polar surface area (TPSA) is 93.0 Å². The summed E-state index contributed by atoms with van der Waals surface area (Å²) in [6.45, 7) is 5.68. The predicted molar refractivity (Wildman–Crippen MR) is 116 cm³/mol. The largest absolute Gasteiger partial charge is 0.481 e. The van der Waals surface area contributed by atoms with E-state index in [9.17, 15) is 14.3 Å². The zero-order chi connectivity index (χ0) is 23.2. The van der Waals surface area contributed by atoms with Gasteiger partial charge in [-0.05, 0) is 36.8 Å². The highest BCUT2D eigenvalue weighted by Gasteiger charge is 2.36. The number of rotatable bonds is 7. The van der Waals surface area contributed by atoms with Gasteiger partial charge in [0.25, 0.3) is 0 Å². The Hall–Kier alpha value is -3.33. The van der Waals surface area contributed by atoms with Crippen molar-refractivity contribution in [2.24, 2.45) is 0 Å².